The van der Waals surface area contributed by atoms with E-state index in [1.165, 1.54) is 0 Å². The highest BCUT2D eigenvalue weighted by atomic mass is 16.5. The Bertz CT molecular complexity index is 1520. The summed E-state index contributed by atoms with van der Waals surface area (Å²) >= 11 is 0. The molecular formula is C30H34N8O3. The fourth-order valence-corrected chi connectivity index (χ4v) is 6.00. The Morgan fingerprint density at radius 2 is 1.85 bits per heavy atom. The van der Waals surface area contributed by atoms with Gasteiger partial charge in [-0.1, -0.05) is 23.4 Å². The van der Waals surface area contributed by atoms with Crippen LogP contribution in [0.15, 0.2) is 60.9 Å². The molecule has 0 saturated carbocycles. The van der Waals surface area contributed by atoms with Gasteiger partial charge >= 0.3 is 0 Å². The number of nitrogens with zero attached hydrogens (tertiary/aromatic N) is 6. The van der Waals surface area contributed by atoms with Crippen molar-refractivity contribution in [2.45, 2.75) is 43.8 Å². The Kier molecular flexibility index (Phi) is 7.60. The van der Waals surface area contributed by atoms with Crippen LogP contribution in [0.1, 0.15) is 35.7 Å². The zero-order valence-electron chi connectivity index (χ0n) is 23.2. The highest BCUT2D eigenvalue weighted by Crippen LogP contribution is 2.31. The van der Waals surface area contributed by atoms with Crippen molar-refractivity contribution >= 4 is 22.8 Å². The molecule has 212 valence electrons. The molecule has 2 N–H and O–H groups in total. The van der Waals surface area contributed by atoms with Gasteiger partial charge < -0.3 is 20.3 Å². The van der Waals surface area contributed by atoms with Crippen LogP contribution in [0.4, 0.5) is 0 Å². The average molecular weight is 555 g/mol. The molecule has 2 fully saturated rings. The predicted molar refractivity (Wildman–Crippen MR) is 152 cm³/mol. The van der Waals surface area contributed by atoms with Crippen LogP contribution in [0.3, 0.4) is 0 Å². The summed E-state index contributed by atoms with van der Waals surface area (Å²) in [6.45, 7) is 1.51. The smallest absolute Gasteiger partial charge is 0.243 e. The van der Waals surface area contributed by atoms with Crippen molar-refractivity contribution in [1.82, 2.24) is 40.5 Å². The molecule has 6 rings (SSSR count). The third-order valence-corrected chi connectivity index (χ3v) is 8.18. The minimum atomic E-state index is -0.542. The van der Waals surface area contributed by atoms with Crippen molar-refractivity contribution in [3.63, 3.8) is 0 Å². The SMILES string of the molecule is COc1ccc(CC2CC(C(=O)NCc3ccc4c(c3)nnn4C)N(C(=O)C3CC(c4ncccn4)CN3)C2)cc1. The summed E-state index contributed by atoms with van der Waals surface area (Å²) in [5.41, 5.74) is 3.79. The van der Waals surface area contributed by atoms with Gasteiger partial charge in [-0.2, -0.15) is 0 Å². The predicted octanol–water partition coefficient (Wildman–Crippen LogP) is 1.99. The van der Waals surface area contributed by atoms with Crippen molar-refractivity contribution in [3.05, 3.63) is 77.9 Å². The first-order valence-electron chi connectivity index (χ1n) is 14.0. The number of methoxy groups -OCH3 is 1. The lowest BCUT2D eigenvalue weighted by Crippen LogP contribution is -2.51. The van der Waals surface area contributed by atoms with Crippen LogP contribution in [0.2, 0.25) is 0 Å². The number of hydrogen-bond acceptors (Lipinski definition) is 8. The lowest BCUT2D eigenvalue weighted by Gasteiger charge is -2.27. The lowest BCUT2D eigenvalue weighted by molar-refractivity contribution is -0.139. The van der Waals surface area contributed by atoms with E-state index >= 15 is 0 Å². The van der Waals surface area contributed by atoms with E-state index in [-0.39, 0.29) is 29.7 Å². The van der Waals surface area contributed by atoms with Crippen LogP contribution in [0, 0.1) is 5.92 Å². The molecule has 0 aliphatic carbocycles. The summed E-state index contributed by atoms with van der Waals surface area (Å²) < 4.78 is 7.01. The first-order valence-corrected chi connectivity index (χ1v) is 14.0. The highest BCUT2D eigenvalue weighted by Gasteiger charge is 2.43. The van der Waals surface area contributed by atoms with Gasteiger partial charge in [-0.05, 0) is 66.6 Å². The van der Waals surface area contributed by atoms with Crippen LogP contribution < -0.4 is 15.4 Å². The van der Waals surface area contributed by atoms with Crippen LogP contribution in [0.25, 0.3) is 11.0 Å². The second kappa shape index (κ2) is 11.6. The number of fused-ring (bicyclic) bond motifs is 1. The number of benzene rings is 2. The summed E-state index contributed by atoms with van der Waals surface area (Å²) in [7, 11) is 3.49. The van der Waals surface area contributed by atoms with Gasteiger partial charge in [-0.15, -0.1) is 5.10 Å². The molecule has 11 nitrogen and oxygen atoms in total. The number of likely N-dealkylation sites (tertiary alicyclic amines) is 1. The monoisotopic (exact) mass is 554 g/mol. The fourth-order valence-electron chi connectivity index (χ4n) is 6.00. The third kappa shape index (κ3) is 5.76. The number of hydrogen-bond donors (Lipinski definition) is 2. The normalized spacial score (nSPS) is 22.2. The molecule has 4 unspecified atom stereocenters. The molecule has 4 heterocycles. The molecule has 41 heavy (non-hydrogen) atoms. The Morgan fingerprint density at radius 1 is 1.07 bits per heavy atom. The van der Waals surface area contributed by atoms with Gasteiger partial charge in [0.25, 0.3) is 0 Å². The summed E-state index contributed by atoms with van der Waals surface area (Å²) in [6.07, 6.45) is 5.44. The van der Waals surface area contributed by atoms with Crippen molar-refractivity contribution in [2.24, 2.45) is 13.0 Å². The van der Waals surface area contributed by atoms with E-state index in [2.05, 4.69) is 30.9 Å². The van der Waals surface area contributed by atoms with Crippen LogP contribution >= 0.6 is 0 Å². The minimum absolute atomic E-state index is 0.0400. The molecule has 2 aromatic heterocycles. The molecule has 2 aliphatic rings. The highest BCUT2D eigenvalue weighted by molar-refractivity contribution is 5.90. The zero-order chi connectivity index (χ0) is 28.3. The second-order valence-electron chi connectivity index (χ2n) is 10.9. The molecule has 4 atom stereocenters. The maximum atomic E-state index is 13.9. The Labute approximate surface area is 238 Å². The van der Waals surface area contributed by atoms with Crippen LogP contribution in [-0.4, -0.2) is 74.0 Å². The number of aromatic nitrogens is 5. The summed E-state index contributed by atoms with van der Waals surface area (Å²) in [5, 5.41) is 14.7. The number of carbonyl (C=O) groups is 2. The van der Waals surface area contributed by atoms with E-state index < -0.39 is 6.04 Å². The number of amides is 2. The lowest BCUT2D eigenvalue weighted by atomic mass is 9.96. The van der Waals surface area contributed by atoms with Gasteiger partial charge in [0.2, 0.25) is 11.8 Å². The van der Waals surface area contributed by atoms with Gasteiger partial charge in [-0.3, -0.25) is 9.59 Å². The summed E-state index contributed by atoms with van der Waals surface area (Å²) in [6, 6.07) is 14.7. The molecule has 0 radical (unpaired) electrons. The molecule has 2 aliphatic heterocycles. The van der Waals surface area contributed by atoms with Gasteiger partial charge in [0.1, 0.15) is 23.1 Å². The second-order valence-corrected chi connectivity index (χ2v) is 10.9. The number of nitrogens with one attached hydrogen (secondary N) is 2. The maximum Gasteiger partial charge on any atom is 0.243 e. The number of rotatable bonds is 8. The topological polar surface area (TPSA) is 127 Å². The minimum Gasteiger partial charge on any atom is -0.497 e. The van der Waals surface area contributed by atoms with Gasteiger partial charge in [0.15, 0.2) is 0 Å². The zero-order valence-corrected chi connectivity index (χ0v) is 23.2. The van der Waals surface area contributed by atoms with E-state index in [1.807, 2.05) is 49.5 Å². The average Bonchev–Trinajstić information content (AvgIpc) is 3.76. The van der Waals surface area contributed by atoms with Crippen LogP contribution in [0.5, 0.6) is 5.75 Å². The summed E-state index contributed by atoms with van der Waals surface area (Å²) in [4.78, 5) is 38.0. The van der Waals surface area contributed by atoms with E-state index in [1.54, 1.807) is 35.2 Å². The Hall–Kier alpha value is -4.38. The van der Waals surface area contributed by atoms with Crippen molar-refractivity contribution in [1.29, 1.82) is 0 Å². The van der Waals surface area contributed by atoms with Crippen LogP contribution in [-0.2, 0) is 29.6 Å². The largest absolute Gasteiger partial charge is 0.497 e. The molecule has 0 bridgehead atoms. The molecular weight excluding hydrogens is 520 g/mol. The van der Waals surface area contributed by atoms with E-state index in [9.17, 15) is 9.59 Å². The molecule has 11 heteroatoms. The molecule has 2 amide bonds. The first-order chi connectivity index (χ1) is 20.0. The van der Waals surface area contributed by atoms with E-state index in [0.29, 0.717) is 32.5 Å². The third-order valence-electron chi connectivity index (χ3n) is 8.18. The number of ether oxygens (including phenoxy) is 1. The van der Waals surface area contributed by atoms with Gasteiger partial charge in [0.05, 0.1) is 18.7 Å². The molecule has 2 saturated heterocycles. The van der Waals surface area contributed by atoms with Gasteiger partial charge in [0, 0.05) is 45.0 Å². The first kappa shape index (κ1) is 26.8. The molecule has 4 aromatic rings. The van der Waals surface area contributed by atoms with Crippen molar-refractivity contribution < 1.29 is 14.3 Å². The molecule has 0 spiro atoms. The standard InChI is InChI=1S/C30H34N8O3/c1-37-26-9-6-20(13-24(26)35-36-37)16-34-29(39)27-14-21(12-19-4-7-23(41-2)8-5-19)18-38(27)30(40)25-15-22(17-33-25)28-31-10-3-11-32-28/h3-11,13,21-22,25,27,33H,12,14-18H2,1-2H3,(H,34,39). The molecule has 2 aromatic carbocycles. The van der Waals surface area contributed by atoms with Gasteiger partial charge in [-0.25, -0.2) is 14.6 Å². The maximum absolute atomic E-state index is 13.9. The summed E-state index contributed by atoms with van der Waals surface area (Å²) in [5.74, 6) is 1.58. The van der Waals surface area contributed by atoms with Crippen molar-refractivity contribution in [2.75, 3.05) is 20.2 Å². The van der Waals surface area contributed by atoms with Crippen molar-refractivity contribution in [3.8, 4) is 5.75 Å². The Morgan fingerprint density at radius 3 is 2.63 bits per heavy atom. The number of aryl methyl sites for hydroxylation is 1. The Balaban J connectivity index is 1.16. The fraction of sp³-hybridized carbons (Fsp3) is 0.400. The van der Waals surface area contributed by atoms with E-state index in [0.717, 1.165) is 40.2 Å². The quantitative estimate of drug-likeness (QED) is 0.339. The number of carbonyl (C=O) groups excluding carboxylic acids is 2. The van der Waals surface area contributed by atoms with E-state index in [4.69, 9.17) is 4.74 Å².